The molecule has 2 aromatic heterocycles. The quantitative estimate of drug-likeness (QED) is 0.00795. The lowest BCUT2D eigenvalue weighted by molar-refractivity contribution is 0.0395. The number of anilines is 1. The number of nitrogens with two attached hydrogens (primary N) is 1. The Bertz CT molecular complexity index is 3670. The summed E-state index contributed by atoms with van der Waals surface area (Å²) in [6.45, 7) is 3.28. The highest BCUT2D eigenvalue weighted by Gasteiger charge is 2.15. The maximum atomic E-state index is 11.5. The Morgan fingerprint density at radius 2 is 0.661 bits per heavy atom. The average molecular weight is 1530 g/mol. The zero-order chi connectivity index (χ0) is 80.7. The van der Waals surface area contributed by atoms with Crippen LogP contribution < -0.4 is 19.9 Å². The molecule has 0 aliphatic heterocycles. The van der Waals surface area contributed by atoms with Gasteiger partial charge in [-0.2, -0.15) is 0 Å². The van der Waals surface area contributed by atoms with E-state index < -0.39 is 29.8 Å². The van der Waals surface area contributed by atoms with Crippen molar-refractivity contribution in [1.82, 2.24) is 0 Å². The molecule has 0 atom stereocenters. The fourth-order valence-electron chi connectivity index (χ4n) is 7.32. The van der Waals surface area contributed by atoms with Crippen molar-refractivity contribution in [2.45, 2.75) is 51.9 Å². The predicted octanol–water partition coefficient (Wildman–Crippen LogP) is 8.65. The summed E-state index contributed by atoms with van der Waals surface area (Å²) in [5.74, 6) is -1.82. The van der Waals surface area contributed by atoms with E-state index >= 15 is 0 Å². The molecule has 0 amide bonds. The molecule has 0 spiro atoms. The first kappa shape index (κ1) is 95.2. The van der Waals surface area contributed by atoms with Gasteiger partial charge in [-0.3, -0.25) is 0 Å². The fraction of sp³-hybridized carbons (Fsp3) is 0.333. The first-order valence-electron chi connectivity index (χ1n) is 33.8. The van der Waals surface area contributed by atoms with E-state index in [-0.39, 0.29) is 145 Å². The lowest BCUT2D eigenvalue weighted by atomic mass is 10.2. The number of methoxy groups -OCH3 is 3. The van der Waals surface area contributed by atoms with Crippen molar-refractivity contribution in [1.29, 1.82) is 0 Å². The first-order valence-corrected chi connectivity index (χ1v) is 33.8. The third kappa shape index (κ3) is 42.8. The molecule has 0 saturated heterocycles. The number of para-hydroxylation sites is 2. The number of rotatable bonds is 33. The second-order valence-electron chi connectivity index (χ2n) is 21.0. The van der Waals surface area contributed by atoms with Gasteiger partial charge in [-0.15, -0.1) is 0 Å². The summed E-state index contributed by atoms with van der Waals surface area (Å²) in [4.78, 5) is 89.8. The van der Waals surface area contributed by atoms with Crippen LogP contribution in [0, 0.1) is 0 Å². The molecule has 31 heteroatoms. The van der Waals surface area contributed by atoms with Crippen molar-refractivity contribution in [3.8, 4) is 28.7 Å². The number of hydrogen-bond donors (Lipinski definition) is 10. The average Bonchev–Trinajstić information content (AvgIpc) is 1.89. The van der Waals surface area contributed by atoms with Crippen LogP contribution in [-0.4, -0.2) is 214 Å². The molecule has 8 rings (SSSR count). The molecule has 6 aromatic carbocycles. The van der Waals surface area contributed by atoms with E-state index in [9.17, 15) is 48.6 Å². The monoisotopic (exact) mass is 1530 g/mol. The van der Waals surface area contributed by atoms with E-state index in [2.05, 4.69) is 4.74 Å². The number of aliphatic hydroxyl groups is 7. The van der Waals surface area contributed by atoms with Crippen LogP contribution in [0.5, 0.6) is 28.7 Å². The van der Waals surface area contributed by atoms with Crippen molar-refractivity contribution in [3.05, 3.63) is 227 Å². The minimum absolute atomic E-state index is 0.000463. The van der Waals surface area contributed by atoms with E-state index in [1.54, 1.807) is 136 Å². The van der Waals surface area contributed by atoms with Crippen molar-refractivity contribution in [2.24, 2.45) is 0 Å². The number of aromatic hydroxyl groups is 2. The van der Waals surface area contributed by atoms with Gasteiger partial charge in [0.05, 0.1) is 115 Å². The molecule has 0 aliphatic carbocycles. The number of furan rings is 2. The number of carbonyl (C=O) groups is 8. The van der Waals surface area contributed by atoms with Crippen LogP contribution in [0.3, 0.4) is 0 Å². The maximum absolute atomic E-state index is 11.5. The van der Waals surface area contributed by atoms with Crippen LogP contribution in [0.25, 0.3) is 0 Å². The van der Waals surface area contributed by atoms with Crippen LogP contribution in [0.4, 0.5) is 5.69 Å². The molecule has 0 fully saturated rings. The molecule has 0 radical (unpaired) electrons. The van der Waals surface area contributed by atoms with E-state index in [0.717, 1.165) is 12.8 Å². The topological polar surface area (TPSA) is 472 Å². The Morgan fingerprint density at radius 3 is 1.04 bits per heavy atom. The van der Waals surface area contributed by atoms with Crippen molar-refractivity contribution in [2.75, 3.05) is 126 Å². The Kier molecular flexibility index (Phi) is 53.5. The van der Waals surface area contributed by atoms with E-state index in [1.807, 2.05) is 13.0 Å². The minimum Gasteiger partial charge on any atom is -0.507 e. The second-order valence-corrected chi connectivity index (χ2v) is 21.0. The largest absolute Gasteiger partial charge is 0.507 e. The number of phenolic OH excluding ortho intramolecular Hbond substituents is 2. The third-order valence-electron chi connectivity index (χ3n) is 12.9. The molecule has 0 bridgehead atoms. The number of hydrogen-bond acceptors (Lipinski definition) is 31. The molecule has 8 aromatic rings. The summed E-state index contributed by atoms with van der Waals surface area (Å²) >= 11 is 0. The Morgan fingerprint density at radius 1 is 0.321 bits per heavy atom. The lowest BCUT2D eigenvalue weighted by Crippen LogP contribution is -2.08. The van der Waals surface area contributed by atoms with Gasteiger partial charge in [-0.25, -0.2) is 38.4 Å². The van der Waals surface area contributed by atoms with Crippen LogP contribution in [0.1, 0.15) is 135 Å². The third-order valence-corrected chi connectivity index (χ3v) is 12.9. The fourth-order valence-corrected chi connectivity index (χ4v) is 7.32. The summed E-state index contributed by atoms with van der Waals surface area (Å²) in [6.07, 6.45) is 6.89. The molecular formula is C78H97NO30. The summed E-state index contributed by atoms with van der Waals surface area (Å²) < 4.78 is 62.8. The molecule has 0 aliphatic rings. The lowest BCUT2D eigenvalue weighted by Gasteiger charge is -2.06. The normalized spacial score (nSPS) is 9.72. The molecule has 11 N–H and O–H groups in total. The van der Waals surface area contributed by atoms with Crippen LogP contribution in [0.2, 0.25) is 0 Å². The maximum Gasteiger partial charge on any atom is 0.374 e. The minimum atomic E-state index is -0.573. The van der Waals surface area contributed by atoms with Gasteiger partial charge in [0.15, 0.2) is 11.5 Å². The van der Waals surface area contributed by atoms with Gasteiger partial charge in [-0.1, -0.05) is 55.8 Å². The highest BCUT2D eigenvalue weighted by Crippen LogP contribution is 2.27. The molecule has 2 heterocycles. The number of esters is 8. The highest BCUT2D eigenvalue weighted by molar-refractivity contribution is 5.95. The summed E-state index contributed by atoms with van der Waals surface area (Å²) in [5, 5.41) is 77.7. The Balaban J connectivity index is 0.000000624. The predicted molar refractivity (Wildman–Crippen MR) is 393 cm³/mol. The van der Waals surface area contributed by atoms with Gasteiger partial charge in [0, 0.05) is 70.8 Å². The summed E-state index contributed by atoms with van der Waals surface area (Å²) in [6, 6.07) is 45.6. The van der Waals surface area contributed by atoms with Gasteiger partial charge < -0.3 is 113 Å². The van der Waals surface area contributed by atoms with Gasteiger partial charge >= 0.3 is 47.8 Å². The zero-order valence-corrected chi connectivity index (χ0v) is 61.1. The van der Waals surface area contributed by atoms with E-state index in [0.29, 0.717) is 83.7 Å². The van der Waals surface area contributed by atoms with Gasteiger partial charge in [0.1, 0.15) is 36.0 Å². The van der Waals surface area contributed by atoms with Crippen LogP contribution in [0.15, 0.2) is 191 Å². The Hall–Kier alpha value is -11.8. The summed E-state index contributed by atoms with van der Waals surface area (Å²) in [5.41, 5.74) is 8.45. The number of carbonyl (C=O) groups excluding carboxylic acids is 8. The van der Waals surface area contributed by atoms with Crippen LogP contribution >= 0.6 is 0 Å². The number of unbranched alkanes of at least 4 members (excludes halogenated alkanes) is 1. The Labute approximate surface area is 630 Å². The van der Waals surface area contributed by atoms with Gasteiger partial charge in [0.25, 0.3) is 0 Å². The molecule has 0 saturated carbocycles. The van der Waals surface area contributed by atoms with E-state index in [1.165, 1.54) is 62.1 Å². The van der Waals surface area contributed by atoms with Crippen molar-refractivity contribution < 1.29 is 145 Å². The van der Waals surface area contributed by atoms with Crippen molar-refractivity contribution in [3.63, 3.8) is 0 Å². The zero-order valence-electron chi connectivity index (χ0n) is 61.1. The number of phenols is 2. The molecule has 31 nitrogen and oxygen atoms in total. The van der Waals surface area contributed by atoms with Gasteiger partial charge in [-0.05, 0) is 134 Å². The molecule has 0 unspecified atom stereocenters. The van der Waals surface area contributed by atoms with Crippen LogP contribution in [-0.2, 0) is 37.9 Å². The number of ether oxygens (including phenoxy) is 11. The first-order chi connectivity index (χ1) is 52.8. The van der Waals surface area contributed by atoms with Crippen molar-refractivity contribution >= 4 is 53.4 Å². The second kappa shape index (κ2) is 61.3. The molecular weight excluding hydrogens is 1430 g/mol. The highest BCUT2D eigenvalue weighted by atomic mass is 16.6. The number of benzene rings is 6. The molecule has 594 valence electrons. The SMILES string of the molecule is CCCCOC(=O)c1ccccc1N.COc1cc(C(=O)OCCCO)ccc1O.COc1ccc(C(=O)OCCCO)cc1.COc1ccc(C(=O)OCCO)cc1.O=C(OCCCO)c1ccccc1.O=C(OCCCO)c1ccccc1O.O=C(OCCCO)c1ccco1.O=C(OCCO)c1ccco1. The summed E-state index contributed by atoms with van der Waals surface area (Å²) in [7, 11) is 4.52. The molecule has 109 heavy (non-hydrogen) atoms. The smallest absolute Gasteiger partial charge is 0.374 e. The van der Waals surface area contributed by atoms with Gasteiger partial charge in [0.2, 0.25) is 11.5 Å². The number of aliphatic hydroxyl groups excluding tert-OH is 7. The standard InChI is InChI=1S/C11H15NO2.C11H14O5.C11H14O4.2C10H12O4.C10H12O3.C8H10O4.C7H8O4/c1-2-3-8-14-11(13)9-6-4-5-7-10(9)12;1-15-10-7-8(3-4-9(10)13)11(14)16-6-2-5-12;1-14-10-5-3-9(4-6-10)11(13)15-8-2-7-12;1-13-9-4-2-8(3-5-9)10(12)14-7-6-11;11-6-3-7-14-10(13)8-4-1-2-5-9(8)12;11-7-4-8-13-10(12)9-5-2-1-3-6-9;9-4-2-6-12-8(10)7-3-1-5-11-7;8-3-5-11-7(9)6-2-1-4-10-6/h4-7H,2-3,8,12H2,1H3;3-4,7,12-13H,2,5-6H2,1H3;3-6,12H,2,7-8H2,1H3;2-5,11H,6-7H2,1H3;1-2,4-5,11-12H,3,6-7H2;1-3,5-6,11H,4,7-8H2;1,3,5,9H,2,4,6H2;1-2,4,8H,3,5H2. The van der Waals surface area contributed by atoms with E-state index in [4.69, 9.17) is 97.7 Å². The number of nitrogen functional groups attached to an aromatic ring is 1.